The molecule has 4 atom stereocenters. The molecule has 1 aromatic rings. The molecule has 3 aliphatic heterocycles. The molecule has 0 radical (unpaired) electrons. The number of benzene rings is 1. The summed E-state index contributed by atoms with van der Waals surface area (Å²) in [6.07, 6.45) is 7.18. The van der Waals surface area contributed by atoms with Gasteiger partial charge in [0, 0.05) is 31.7 Å². The number of piperazine rings is 1. The Labute approximate surface area is 218 Å². The number of rotatable bonds is 9. The third-order valence-corrected chi connectivity index (χ3v) is 7.79. The van der Waals surface area contributed by atoms with Crippen molar-refractivity contribution in [1.29, 1.82) is 0 Å². The van der Waals surface area contributed by atoms with Crippen molar-refractivity contribution in [2.24, 2.45) is 4.99 Å². The first kappa shape index (κ1) is 26.9. The number of ether oxygens (including phenoxy) is 1. The lowest BCUT2D eigenvalue weighted by molar-refractivity contribution is -0.137. The van der Waals surface area contributed by atoms with Crippen LogP contribution in [0.1, 0.15) is 77.9 Å². The molecule has 1 amide bonds. The minimum atomic E-state index is -0.108. The van der Waals surface area contributed by atoms with Gasteiger partial charge in [-0.1, -0.05) is 57.0 Å². The monoisotopic (exact) mass is 497 g/mol. The normalized spacial score (nSPS) is 26.1. The fourth-order valence-corrected chi connectivity index (χ4v) is 5.84. The third-order valence-electron chi connectivity index (χ3n) is 7.79. The number of amidine groups is 1. The van der Waals surface area contributed by atoms with Crippen molar-refractivity contribution in [3.8, 4) is 0 Å². The van der Waals surface area contributed by atoms with Crippen molar-refractivity contribution >= 4 is 11.9 Å². The SMILES string of the molecule is CC(C)N[C@H](CCCCN1CCCCC1)C(=O)N1CCN(C2=N[C@@H](C)[C@H](c3ccccc3)O2)C[C@H]1C. The summed E-state index contributed by atoms with van der Waals surface area (Å²) in [7, 11) is 0. The van der Waals surface area contributed by atoms with Gasteiger partial charge < -0.3 is 24.8 Å². The summed E-state index contributed by atoms with van der Waals surface area (Å²) in [5, 5.41) is 3.57. The Morgan fingerprint density at radius 1 is 1.06 bits per heavy atom. The molecule has 3 aliphatic rings. The predicted molar refractivity (Wildman–Crippen MR) is 146 cm³/mol. The molecular weight excluding hydrogens is 450 g/mol. The molecule has 2 fully saturated rings. The number of nitrogens with zero attached hydrogens (tertiary/aromatic N) is 4. The summed E-state index contributed by atoms with van der Waals surface area (Å²) in [6, 6.07) is 11.4. The van der Waals surface area contributed by atoms with Gasteiger partial charge in [0.2, 0.25) is 5.91 Å². The zero-order valence-corrected chi connectivity index (χ0v) is 22.9. The van der Waals surface area contributed by atoms with E-state index in [1.54, 1.807) is 0 Å². The molecule has 36 heavy (non-hydrogen) atoms. The van der Waals surface area contributed by atoms with Crippen molar-refractivity contribution < 1.29 is 9.53 Å². The van der Waals surface area contributed by atoms with Crippen LogP contribution >= 0.6 is 0 Å². The van der Waals surface area contributed by atoms with Gasteiger partial charge in [-0.2, -0.15) is 0 Å². The molecule has 0 spiro atoms. The zero-order valence-electron chi connectivity index (χ0n) is 22.9. The van der Waals surface area contributed by atoms with Crippen molar-refractivity contribution in [3.63, 3.8) is 0 Å². The average Bonchev–Trinajstić information content (AvgIpc) is 3.28. The van der Waals surface area contributed by atoms with Crippen molar-refractivity contribution in [2.45, 2.75) is 96.5 Å². The average molecular weight is 498 g/mol. The van der Waals surface area contributed by atoms with Crippen molar-refractivity contribution in [1.82, 2.24) is 20.0 Å². The summed E-state index contributed by atoms with van der Waals surface area (Å²) in [6.45, 7) is 14.4. The summed E-state index contributed by atoms with van der Waals surface area (Å²) in [5.74, 6) is 0.249. The molecule has 0 aromatic heterocycles. The summed E-state index contributed by atoms with van der Waals surface area (Å²) < 4.78 is 6.31. The van der Waals surface area contributed by atoms with Crippen molar-refractivity contribution in [3.05, 3.63) is 35.9 Å². The fourth-order valence-electron chi connectivity index (χ4n) is 5.84. The first-order valence-electron chi connectivity index (χ1n) is 14.3. The standard InChI is InChI=1S/C29H47N5O2/c1-22(2)30-26(15-9-12-18-32-16-10-6-11-17-32)28(35)34-20-19-33(21-23(34)3)29-31-24(4)27(36-29)25-13-7-5-8-14-25/h5,7-8,13-14,22-24,26-27,30H,6,9-12,15-21H2,1-4H3/t23-,24+,26-,27-/m1/s1. The Kier molecular flexibility index (Phi) is 9.66. The lowest BCUT2D eigenvalue weighted by Crippen LogP contribution is -2.59. The Bertz CT molecular complexity index is 854. The molecule has 3 heterocycles. The van der Waals surface area contributed by atoms with Gasteiger partial charge >= 0.3 is 0 Å². The van der Waals surface area contributed by atoms with Gasteiger partial charge in [-0.3, -0.25) is 4.79 Å². The van der Waals surface area contributed by atoms with E-state index >= 15 is 0 Å². The third kappa shape index (κ3) is 7.00. The Balaban J connectivity index is 1.28. The number of nitrogens with one attached hydrogen (secondary N) is 1. The van der Waals surface area contributed by atoms with Gasteiger partial charge in [0.25, 0.3) is 6.02 Å². The number of hydrogen-bond acceptors (Lipinski definition) is 6. The molecule has 7 nitrogen and oxygen atoms in total. The Morgan fingerprint density at radius 2 is 1.81 bits per heavy atom. The number of carbonyl (C=O) groups is 1. The van der Waals surface area contributed by atoms with Crippen LogP contribution in [0.5, 0.6) is 0 Å². The van der Waals surface area contributed by atoms with Crippen LogP contribution in [0.4, 0.5) is 0 Å². The van der Waals surface area contributed by atoms with E-state index < -0.39 is 0 Å². The number of hydrogen-bond donors (Lipinski definition) is 1. The van der Waals surface area contributed by atoms with E-state index in [1.165, 1.54) is 45.3 Å². The predicted octanol–water partition coefficient (Wildman–Crippen LogP) is 4.06. The van der Waals surface area contributed by atoms with E-state index in [-0.39, 0.29) is 36.2 Å². The number of carbonyl (C=O) groups excluding carboxylic acids is 1. The Hall–Kier alpha value is -2.12. The number of unbranched alkanes of at least 4 members (excludes halogenated alkanes) is 1. The first-order chi connectivity index (χ1) is 17.4. The van der Waals surface area contributed by atoms with E-state index in [0.717, 1.165) is 37.5 Å². The van der Waals surface area contributed by atoms with Crippen LogP contribution in [-0.4, -0.2) is 90.1 Å². The molecule has 0 unspecified atom stereocenters. The van der Waals surface area contributed by atoms with Gasteiger partial charge in [0.1, 0.15) is 6.10 Å². The second-order valence-electron chi connectivity index (χ2n) is 11.2. The van der Waals surface area contributed by atoms with Crippen LogP contribution in [0, 0.1) is 0 Å². The number of aliphatic imine (C=N–C) groups is 1. The lowest BCUT2D eigenvalue weighted by Gasteiger charge is -2.42. The maximum Gasteiger partial charge on any atom is 0.288 e. The van der Waals surface area contributed by atoms with E-state index in [0.29, 0.717) is 6.54 Å². The highest BCUT2D eigenvalue weighted by atomic mass is 16.5. The molecule has 200 valence electrons. The molecule has 1 aromatic carbocycles. The van der Waals surface area contributed by atoms with Gasteiger partial charge in [-0.05, 0) is 64.7 Å². The Morgan fingerprint density at radius 3 is 2.50 bits per heavy atom. The first-order valence-corrected chi connectivity index (χ1v) is 14.3. The smallest absolute Gasteiger partial charge is 0.288 e. The van der Waals surface area contributed by atoms with E-state index in [4.69, 9.17) is 9.73 Å². The topological polar surface area (TPSA) is 60.4 Å². The van der Waals surface area contributed by atoms with Crippen LogP contribution < -0.4 is 5.32 Å². The summed E-state index contributed by atoms with van der Waals surface area (Å²) in [5.41, 5.74) is 1.16. The van der Waals surface area contributed by atoms with Crippen molar-refractivity contribution in [2.75, 3.05) is 39.3 Å². The quantitative estimate of drug-likeness (QED) is 0.522. The van der Waals surface area contributed by atoms with Gasteiger partial charge in [-0.25, -0.2) is 4.99 Å². The molecule has 1 N–H and O–H groups in total. The molecule has 7 heteroatoms. The molecular formula is C29H47N5O2. The van der Waals surface area contributed by atoms with Crippen LogP contribution in [0.25, 0.3) is 0 Å². The highest BCUT2D eigenvalue weighted by Gasteiger charge is 2.37. The van der Waals surface area contributed by atoms with Gasteiger partial charge in [0.15, 0.2) is 0 Å². The second kappa shape index (κ2) is 12.9. The number of likely N-dealkylation sites (tertiary alicyclic amines) is 1. The summed E-state index contributed by atoms with van der Waals surface area (Å²) >= 11 is 0. The van der Waals surface area contributed by atoms with Crippen LogP contribution in [-0.2, 0) is 9.53 Å². The highest BCUT2D eigenvalue weighted by molar-refractivity contribution is 5.83. The number of piperidine rings is 1. The maximum absolute atomic E-state index is 13.6. The maximum atomic E-state index is 13.6. The number of amides is 1. The van der Waals surface area contributed by atoms with Crippen LogP contribution in [0.3, 0.4) is 0 Å². The molecule has 0 saturated carbocycles. The van der Waals surface area contributed by atoms with E-state index in [2.05, 4.69) is 59.8 Å². The van der Waals surface area contributed by atoms with E-state index in [9.17, 15) is 4.79 Å². The minimum absolute atomic E-state index is 0.0410. The highest BCUT2D eigenvalue weighted by Crippen LogP contribution is 2.30. The lowest BCUT2D eigenvalue weighted by atomic mass is 10.0. The molecule has 0 bridgehead atoms. The van der Waals surface area contributed by atoms with Gasteiger partial charge in [0.05, 0.1) is 12.1 Å². The zero-order chi connectivity index (χ0) is 25.5. The van der Waals surface area contributed by atoms with E-state index in [1.807, 2.05) is 18.2 Å². The van der Waals surface area contributed by atoms with Gasteiger partial charge in [-0.15, -0.1) is 0 Å². The van der Waals surface area contributed by atoms with Crippen LogP contribution in [0.15, 0.2) is 35.3 Å². The van der Waals surface area contributed by atoms with Crippen LogP contribution in [0.2, 0.25) is 0 Å². The summed E-state index contributed by atoms with van der Waals surface area (Å²) in [4.78, 5) is 25.4. The molecule has 2 saturated heterocycles. The molecule has 0 aliphatic carbocycles. The molecule has 4 rings (SSSR count). The minimum Gasteiger partial charge on any atom is -0.455 e. The largest absolute Gasteiger partial charge is 0.455 e. The second-order valence-corrected chi connectivity index (χ2v) is 11.2. The fraction of sp³-hybridized carbons (Fsp3) is 0.724.